The van der Waals surface area contributed by atoms with Gasteiger partial charge < -0.3 is 27.9 Å². The standard InChI is InChI=1S/C26H55FNO6P/c1-6-7-8-9-10-11-12-13-14-15-16-17-18-19-21-32-24-26(27,23-31-5)25-34-35(29,30)33-22-20-28(2,3)4/h6-25H2,1-5H3/t26-/m0/s1. The molecular weight excluding hydrogens is 472 g/mol. The molecule has 0 saturated carbocycles. The molecule has 212 valence electrons. The molecule has 0 spiro atoms. The van der Waals surface area contributed by atoms with Gasteiger partial charge in [-0.25, -0.2) is 4.39 Å². The van der Waals surface area contributed by atoms with Crippen molar-refractivity contribution in [2.24, 2.45) is 0 Å². The fraction of sp³-hybridized carbons (Fsp3) is 1.00. The maximum atomic E-state index is 15.0. The summed E-state index contributed by atoms with van der Waals surface area (Å²) in [4.78, 5) is 11.9. The predicted octanol–water partition coefficient (Wildman–Crippen LogP) is 6.05. The van der Waals surface area contributed by atoms with Crippen LogP contribution in [0, 0.1) is 0 Å². The van der Waals surface area contributed by atoms with Crippen LogP contribution in [0.3, 0.4) is 0 Å². The van der Waals surface area contributed by atoms with Crippen LogP contribution in [-0.4, -0.2) is 78.0 Å². The van der Waals surface area contributed by atoms with E-state index in [4.69, 9.17) is 18.5 Å². The summed E-state index contributed by atoms with van der Waals surface area (Å²) in [6.07, 6.45) is 17.8. The van der Waals surface area contributed by atoms with E-state index < -0.39 is 20.1 Å². The number of likely N-dealkylation sites (N-methyl/N-ethyl adjacent to an activating group) is 1. The molecule has 0 rings (SSSR count). The minimum Gasteiger partial charge on any atom is -0.756 e. The molecule has 0 aromatic carbocycles. The summed E-state index contributed by atoms with van der Waals surface area (Å²) in [6, 6.07) is 0. The smallest absolute Gasteiger partial charge is 0.268 e. The summed E-state index contributed by atoms with van der Waals surface area (Å²) in [5.74, 6) is 0. The Morgan fingerprint density at radius 1 is 0.743 bits per heavy atom. The second-order valence-electron chi connectivity index (χ2n) is 10.8. The minimum absolute atomic E-state index is 0.0243. The third-order valence-corrected chi connectivity index (χ3v) is 6.84. The molecule has 0 aromatic heterocycles. The number of phosphoric ester groups is 1. The van der Waals surface area contributed by atoms with Gasteiger partial charge in [0, 0.05) is 13.7 Å². The quantitative estimate of drug-likeness (QED) is 0.0775. The van der Waals surface area contributed by atoms with Crippen LogP contribution in [0.2, 0.25) is 0 Å². The van der Waals surface area contributed by atoms with E-state index in [1.807, 2.05) is 21.1 Å². The van der Waals surface area contributed by atoms with Crippen LogP contribution < -0.4 is 4.89 Å². The number of hydrogen-bond acceptors (Lipinski definition) is 6. The zero-order valence-electron chi connectivity index (χ0n) is 23.4. The SMILES string of the molecule is CCCCCCCCCCCCCCCCOC[C@@](F)(COC)COP(=O)([O-])OCC[N+](C)(C)C. The highest BCUT2D eigenvalue weighted by Gasteiger charge is 2.33. The van der Waals surface area contributed by atoms with E-state index in [9.17, 15) is 9.46 Å². The largest absolute Gasteiger partial charge is 0.756 e. The monoisotopic (exact) mass is 527 g/mol. The Labute approximate surface area is 215 Å². The molecule has 0 fully saturated rings. The molecule has 35 heavy (non-hydrogen) atoms. The van der Waals surface area contributed by atoms with Gasteiger partial charge in [-0.15, -0.1) is 0 Å². The van der Waals surface area contributed by atoms with E-state index in [-0.39, 0.29) is 19.8 Å². The second kappa shape index (κ2) is 20.9. The Morgan fingerprint density at radius 3 is 1.69 bits per heavy atom. The average Bonchev–Trinajstić information content (AvgIpc) is 2.77. The first-order valence-corrected chi connectivity index (χ1v) is 15.2. The van der Waals surface area contributed by atoms with Crippen molar-refractivity contribution >= 4 is 7.82 Å². The van der Waals surface area contributed by atoms with Gasteiger partial charge >= 0.3 is 0 Å². The Morgan fingerprint density at radius 2 is 1.23 bits per heavy atom. The van der Waals surface area contributed by atoms with Crippen LogP contribution in [0.1, 0.15) is 96.8 Å². The van der Waals surface area contributed by atoms with Crippen LogP contribution >= 0.6 is 7.82 Å². The number of rotatable bonds is 26. The van der Waals surface area contributed by atoms with E-state index in [2.05, 4.69) is 6.92 Å². The molecule has 0 aliphatic carbocycles. The molecule has 0 saturated heterocycles. The molecule has 7 nitrogen and oxygen atoms in total. The first kappa shape index (κ1) is 34.9. The summed E-state index contributed by atoms with van der Waals surface area (Å²) < 4.78 is 47.5. The van der Waals surface area contributed by atoms with E-state index >= 15 is 4.39 Å². The van der Waals surface area contributed by atoms with E-state index in [1.54, 1.807) is 0 Å². The van der Waals surface area contributed by atoms with Gasteiger partial charge in [-0.1, -0.05) is 90.4 Å². The summed E-state index contributed by atoms with van der Waals surface area (Å²) in [5, 5.41) is 0. The Hall–Kier alpha value is -0.0800. The highest BCUT2D eigenvalue weighted by atomic mass is 31.2. The molecule has 0 aliphatic rings. The van der Waals surface area contributed by atoms with Gasteiger partial charge in [0.15, 0.2) is 5.67 Å². The third-order valence-electron chi connectivity index (χ3n) is 5.90. The maximum Gasteiger partial charge on any atom is 0.268 e. The number of quaternary nitrogens is 1. The van der Waals surface area contributed by atoms with Crippen molar-refractivity contribution < 1.29 is 36.9 Å². The molecule has 0 radical (unpaired) electrons. The average molecular weight is 528 g/mol. The van der Waals surface area contributed by atoms with Gasteiger partial charge in [-0.3, -0.25) is 4.57 Å². The molecule has 2 atom stereocenters. The maximum absolute atomic E-state index is 15.0. The first-order chi connectivity index (χ1) is 16.5. The molecule has 0 aliphatic heterocycles. The Balaban J connectivity index is 3.81. The lowest BCUT2D eigenvalue weighted by atomic mass is 10.0. The van der Waals surface area contributed by atoms with Crippen molar-refractivity contribution in [1.82, 2.24) is 0 Å². The highest BCUT2D eigenvalue weighted by molar-refractivity contribution is 7.45. The van der Waals surface area contributed by atoms with E-state index in [0.29, 0.717) is 17.6 Å². The van der Waals surface area contributed by atoms with Crippen molar-refractivity contribution in [3.8, 4) is 0 Å². The zero-order chi connectivity index (χ0) is 26.5. The Kier molecular flexibility index (Phi) is 20.9. The number of hydrogen-bond donors (Lipinski definition) is 0. The van der Waals surface area contributed by atoms with Gasteiger partial charge in [0.2, 0.25) is 0 Å². The Bertz CT molecular complexity index is 534. The van der Waals surface area contributed by atoms with Crippen molar-refractivity contribution in [2.75, 3.05) is 67.8 Å². The molecular formula is C26H55FNO6P. The topological polar surface area (TPSA) is 77.1 Å². The van der Waals surface area contributed by atoms with E-state index in [0.717, 1.165) is 19.3 Å². The number of unbranched alkanes of at least 4 members (excludes halogenated alkanes) is 13. The second-order valence-corrected chi connectivity index (χ2v) is 12.2. The summed E-state index contributed by atoms with van der Waals surface area (Å²) >= 11 is 0. The van der Waals surface area contributed by atoms with Crippen molar-refractivity contribution in [3.63, 3.8) is 0 Å². The fourth-order valence-electron chi connectivity index (χ4n) is 3.70. The molecule has 0 N–H and O–H groups in total. The first-order valence-electron chi connectivity index (χ1n) is 13.7. The van der Waals surface area contributed by atoms with Gasteiger partial charge in [0.1, 0.15) is 13.2 Å². The number of methoxy groups -OCH3 is 1. The zero-order valence-corrected chi connectivity index (χ0v) is 24.3. The minimum atomic E-state index is -4.59. The lowest BCUT2D eigenvalue weighted by molar-refractivity contribution is -0.870. The molecule has 0 amide bonds. The van der Waals surface area contributed by atoms with Crippen molar-refractivity contribution in [1.29, 1.82) is 0 Å². The van der Waals surface area contributed by atoms with Gasteiger partial charge in [0.05, 0.1) is 41.0 Å². The highest BCUT2D eigenvalue weighted by Crippen LogP contribution is 2.39. The predicted molar refractivity (Wildman–Crippen MR) is 139 cm³/mol. The van der Waals surface area contributed by atoms with Crippen LogP contribution in [-0.2, 0) is 23.1 Å². The number of phosphoric acid groups is 1. The molecule has 0 bridgehead atoms. The molecule has 0 heterocycles. The fourth-order valence-corrected chi connectivity index (χ4v) is 4.47. The molecule has 9 heteroatoms. The summed E-state index contributed by atoms with van der Waals surface area (Å²) in [7, 11) is 2.52. The van der Waals surface area contributed by atoms with Gasteiger partial charge in [0.25, 0.3) is 7.82 Å². The number of nitrogens with zero attached hydrogens (tertiary/aromatic N) is 1. The van der Waals surface area contributed by atoms with Crippen LogP contribution in [0.25, 0.3) is 0 Å². The van der Waals surface area contributed by atoms with Crippen LogP contribution in [0.5, 0.6) is 0 Å². The number of alkyl halides is 1. The van der Waals surface area contributed by atoms with Crippen molar-refractivity contribution in [2.45, 2.75) is 102 Å². The lowest BCUT2D eigenvalue weighted by Gasteiger charge is -2.30. The van der Waals surface area contributed by atoms with Gasteiger partial charge in [-0.2, -0.15) is 0 Å². The summed E-state index contributed by atoms with van der Waals surface area (Å²) in [6.45, 7) is 1.86. The lowest BCUT2D eigenvalue weighted by Crippen LogP contribution is -2.40. The number of halogens is 1. The van der Waals surface area contributed by atoms with Gasteiger partial charge in [-0.05, 0) is 6.42 Å². The third kappa shape index (κ3) is 24.0. The number of ether oxygens (including phenoxy) is 2. The van der Waals surface area contributed by atoms with Crippen LogP contribution in [0.15, 0.2) is 0 Å². The molecule has 0 aromatic rings. The van der Waals surface area contributed by atoms with E-state index in [1.165, 1.54) is 77.7 Å². The summed E-state index contributed by atoms with van der Waals surface area (Å²) in [5.41, 5.74) is -2.05. The van der Waals surface area contributed by atoms with Crippen molar-refractivity contribution in [3.05, 3.63) is 0 Å². The van der Waals surface area contributed by atoms with Crippen LogP contribution in [0.4, 0.5) is 4.39 Å². The molecule has 1 unspecified atom stereocenters. The normalized spacial score (nSPS) is 15.7.